The molecule has 0 unspecified atom stereocenters. The molecule has 1 amide bonds. The average molecular weight is 390 g/mol. The van der Waals surface area contributed by atoms with E-state index in [0.29, 0.717) is 37.8 Å². The highest BCUT2D eigenvalue weighted by Crippen LogP contribution is 2.25. The lowest BCUT2D eigenvalue weighted by Gasteiger charge is -2.32. The van der Waals surface area contributed by atoms with Crippen LogP contribution in [0.15, 0.2) is 27.6 Å². The van der Waals surface area contributed by atoms with Crippen molar-refractivity contribution in [2.24, 2.45) is 4.99 Å². The van der Waals surface area contributed by atoms with E-state index in [1.807, 2.05) is 13.8 Å². The number of carbonyl (C=O) groups excluding carboxylic acids is 1. The molecule has 2 heterocycles. The molecule has 0 aliphatic carbocycles. The van der Waals surface area contributed by atoms with Crippen molar-refractivity contribution >= 4 is 23.0 Å². The monoisotopic (exact) mass is 390 g/mol. The number of nitrogens with one attached hydrogen (secondary N) is 2. The zero-order valence-electron chi connectivity index (χ0n) is 16.5. The molecule has 1 saturated heterocycles. The molecule has 0 bridgehead atoms. The van der Waals surface area contributed by atoms with Gasteiger partial charge in [-0.05, 0) is 44.9 Å². The van der Waals surface area contributed by atoms with Crippen molar-refractivity contribution in [3.05, 3.63) is 35.3 Å². The Hall–Kier alpha value is -2.77. The Morgan fingerprint density at radius 3 is 2.82 bits per heavy atom. The molecule has 1 aliphatic rings. The Kier molecular flexibility index (Phi) is 6.38. The van der Waals surface area contributed by atoms with Gasteiger partial charge in [0.15, 0.2) is 5.96 Å². The highest BCUT2D eigenvalue weighted by Gasteiger charge is 2.24. The standard InChI is InChI=1S/C20H27FN4O3/c1-4-27-20(26)25-9-7-15(8-10-25)24-19(22-3)23-12-18-13(2)16-11-14(21)5-6-17(16)28-18/h5-6,11,15H,4,7-10,12H2,1-3H3,(H2,22,23,24). The molecule has 3 rings (SSSR count). The maximum atomic E-state index is 13.5. The van der Waals surface area contributed by atoms with Crippen molar-refractivity contribution in [3.63, 3.8) is 0 Å². The second kappa shape index (κ2) is 8.95. The number of carbonyl (C=O) groups is 1. The number of benzene rings is 1. The van der Waals surface area contributed by atoms with E-state index in [1.165, 1.54) is 12.1 Å². The van der Waals surface area contributed by atoms with Crippen LogP contribution in [-0.4, -0.2) is 49.7 Å². The molecule has 28 heavy (non-hydrogen) atoms. The molecular formula is C20H27FN4O3. The summed E-state index contributed by atoms with van der Waals surface area (Å²) in [5.41, 5.74) is 1.59. The molecule has 1 aromatic heterocycles. The van der Waals surface area contributed by atoms with Crippen molar-refractivity contribution in [1.82, 2.24) is 15.5 Å². The minimum Gasteiger partial charge on any atom is -0.459 e. The van der Waals surface area contributed by atoms with Gasteiger partial charge in [-0.1, -0.05) is 0 Å². The summed E-state index contributed by atoms with van der Waals surface area (Å²) < 4.78 is 24.3. The SMILES string of the molecule is CCOC(=O)N1CCC(NC(=NC)NCc2oc3ccc(F)cc3c2C)CC1. The second-order valence-electron chi connectivity index (χ2n) is 6.82. The van der Waals surface area contributed by atoms with Crippen LogP contribution in [0, 0.1) is 12.7 Å². The number of aryl methyl sites for hydroxylation is 1. The van der Waals surface area contributed by atoms with E-state index in [4.69, 9.17) is 9.15 Å². The first-order valence-electron chi connectivity index (χ1n) is 9.58. The zero-order chi connectivity index (χ0) is 20.1. The number of piperidine rings is 1. The molecule has 0 spiro atoms. The normalized spacial score (nSPS) is 15.7. The van der Waals surface area contributed by atoms with E-state index < -0.39 is 0 Å². The van der Waals surface area contributed by atoms with Gasteiger partial charge in [-0.25, -0.2) is 9.18 Å². The van der Waals surface area contributed by atoms with Crippen LogP contribution in [0.25, 0.3) is 11.0 Å². The van der Waals surface area contributed by atoms with Crippen LogP contribution >= 0.6 is 0 Å². The molecule has 2 N–H and O–H groups in total. The summed E-state index contributed by atoms with van der Waals surface area (Å²) in [6.45, 7) is 5.88. The highest BCUT2D eigenvalue weighted by atomic mass is 19.1. The van der Waals surface area contributed by atoms with Gasteiger partial charge in [-0.15, -0.1) is 0 Å². The van der Waals surface area contributed by atoms with Gasteiger partial charge in [0, 0.05) is 37.1 Å². The molecule has 2 aromatic rings. The number of nitrogens with zero attached hydrogens (tertiary/aromatic N) is 2. The number of furan rings is 1. The lowest BCUT2D eigenvalue weighted by molar-refractivity contribution is 0.0963. The quantitative estimate of drug-likeness (QED) is 0.619. The molecule has 7 nitrogen and oxygen atoms in total. The van der Waals surface area contributed by atoms with Gasteiger partial charge < -0.3 is 24.7 Å². The lowest BCUT2D eigenvalue weighted by Crippen LogP contribution is -2.49. The Balaban J connectivity index is 1.53. The molecule has 152 valence electrons. The van der Waals surface area contributed by atoms with Gasteiger partial charge in [-0.3, -0.25) is 4.99 Å². The van der Waals surface area contributed by atoms with Crippen molar-refractivity contribution < 1.29 is 18.3 Å². The number of hydrogen-bond donors (Lipinski definition) is 2. The number of guanidine groups is 1. The van der Waals surface area contributed by atoms with Crippen LogP contribution in [0.2, 0.25) is 0 Å². The summed E-state index contributed by atoms with van der Waals surface area (Å²) >= 11 is 0. The van der Waals surface area contributed by atoms with E-state index >= 15 is 0 Å². The molecule has 0 radical (unpaired) electrons. The first kappa shape index (κ1) is 20.0. The number of hydrogen-bond acceptors (Lipinski definition) is 4. The Labute approximate surface area is 163 Å². The third-order valence-electron chi connectivity index (χ3n) is 5.00. The average Bonchev–Trinajstić information content (AvgIpc) is 3.01. The Morgan fingerprint density at radius 2 is 2.14 bits per heavy atom. The van der Waals surface area contributed by atoms with Crippen molar-refractivity contribution in [2.75, 3.05) is 26.7 Å². The molecule has 1 aliphatic heterocycles. The van der Waals surface area contributed by atoms with Gasteiger partial charge in [0.1, 0.15) is 17.2 Å². The predicted molar refractivity (Wildman–Crippen MR) is 106 cm³/mol. The van der Waals surface area contributed by atoms with Crippen LogP contribution in [0.3, 0.4) is 0 Å². The highest BCUT2D eigenvalue weighted by molar-refractivity contribution is 5.83. The number of amides is 1. The summed E-state index contributed by atoms with van der Waals surface area (Å²) in [5, 5.41) is 7.42. The van der Waals surface area contributed by atoms with Crippen molar-refractivity contribution in [1.29, 1.82) is 0 Å². The van der Waals surface area contributed by atoms with Crippen LogP contribution in [0.4, 0.5) is 9.18 Å². The second-order valence-corrected chi connectivity index (χ2v) is 6.82. The van der Waals surface area contributed by atoms with E-state index in [2.05, 4.69) is 15.6 Å². The third kappa shape index (κ3) is 4.55. The Morgan fingerprint density at radius 1 is 1.39 bits per heavy atom. The maximum Gasteiger partial charge on any atom is 0.409 e. The summed E-state index contributed by atoms with van der Waals surface area (Å²) in [6, 6.07) is 4.75. The fourth-order valence-electron chi connectivity index (χ4n) is 3.39. The number of ether oxygens (including phenoxy) is 1. The van der Waals surface area contributed by atoms with Crippen molar-refractivity contribution in [2.45, 2.75) is 39.3 Å². The van der Waals surface area contributed by atoms with Gasteiger partial charge in [0.2, 0.25) is 0 Å². The first-order chi connectivity index (χ1) is 13.5. The number of fused-ring (bicyclic) bond motifs is 1. The summed E-state index contributed by atoms with van der Waals surface area (Å²) in [7, 11) is 1.71. The molecule has 1 fully saturated rings. The van der Waals surface area contributed by atoms with Crippen LogP contribution in [0.5, 0.6) is 0 Å². The van der Waals surface area contributed by atoms with E-state index in [1.54, 1.807) is 18.0 Å². The molecular weight excluding hydrogens is 363 g/mol. The third-order valence-corrected chi connectivity index (χ3v) is 5.00. The van der Waals surface area contributed by atoms with E-state index in [9.17, 15) is 9.18 Å². The van der Waals surface area contributed by atoms with Crippen molar-refractivity contribution in [3.8, 4) is 0 Å². The number of aliphatic imine (C=N–C) groups is 1. The van der Waals surface area contributed by atoms with Crippen LogP contribution in [-0.2, 0) is 11.3 Å². The minimum atomic E-state index is -0.275. The maximum absolute atomic E-state index is 13.5. The van der Waals surface area contributed by atoms with E-state index in [0.717, 1.165) is 29.6 Å². The topological polar surface area (TPSA) is 79.1 Å². The fraction of sp³-hybridized carbons (Fsp3) is 0.500. The van der Waals surface area contributed by atoms with Gasteiger partial charge in [0.05, 0.1) is 13.2 Å². The summed E-state index contributed by atoms with van der Waals surface area (Å²) in [6.07, 6.45) is 1.39. The Bertz CT molecular complexity index is 856. The molecule has 1 aromatic carbocycles. The first-order valence-corrected chi connectivity index (χ1v) is 9.58. The summed E-state index contributed by atoms with van der Waals surface area (Å²) in [5.74, 6) is 1.14. The molecule has 8 heteroatoms. The largest absolute Gasteiger partial charge is 0.459 e. The predicted octanol–water partition coefficient (Wildman–Crippen LogP) is 3.17. The van der Waals surface area contributed by atoms with Crippen LogP contribution < -0.4 is 10.6 Å². The zero-order valence-corrected chi connectivity index (χ0v) is 16.5. The van der Waals surface area contributed by atoms with E-state index in [-0.39, 0.29) is 18.0 Å². The fourth-order valence-corrected chi connectivity index (χ4v) is 3.39. The van der Waals surface area contributed by atoms with Gasteiger partial charge >= 0.3 is 6.09 Å². The molecule has 0 saturated carbocycles. The molecule has 0 atom stereocenters. The number of likely N-dealkylation sites (tertiary alicyclic amines) is 1. The van der Waals surface area contributed by atoms with Gasteiger partial charge in [0.25, 0.3) is 0 Å². The number of rotatable bonds is 4. The minimum absolute atomic E-state index is 0.225. The van der Waals surface area contributed by atoms with Crippen LogP contribution in [0.1, 0.15) is 31.1 Å². The smallest absolute Gasteiger partial charge is 0.409 e. The summed E-state index contributed by atoms with van der Waals surface area (Å²) in [4.78, 5) is 17.8. The lowest BCUT2D eigenvalue weighted by atomic mass is 10.1. The number of halogens is 1. The van der Waals surface area contributed by atoms with Gasteiger partial charge in [-0.2, -0.15) is 0 Å².